The number of hydrogen-bond donors (Lipinski definition) is 0. The number of rotatable bonds is 1. The van der Waals surface area contributed by atoms with E-state index in [9.17, 15) is 0 Å². The molecule has 0 spiro atoms. The molecule has 0 radical (unpaired) electrons. The summed E-state index contributed by atoms with van der Waals surface area (Å²) in [5, 5.41) is 1.42. The SMILES string of the molecule is c1ccc(-c2c[se]c3ccccc23)cc1. The van der Waals surface area contributed by atoms with E-state index in [0.717, 1.165) is 0 Å². The molecule has 2 aromatic carbocycles. The molecular weight excluding hydrogens is 247 g/mol. The number of benzene rings is 2. The molecule has 1 heterocycles. The zero-order valence-corrected chi connectivity index (χ0v) is 9.89. The Hall–Kier alpha value is -1.30. The molecule has 0 unspecified atom stereocenters. The van der Waals surface area contributed by atoms with E-state index in [-0.39, 0.29) is 0 Å². The van der Waals surface area contributed by atoms with Crippen molar-refractivity contribution in [2.75, 3.05) is 0 Å². The van der Waals surface area contributed by atoms with Crippen LogP contribution in [0, 0.1) is 0 Å². The van der Waals surface area contributed by atoms with Gasteiger partial charge in [0, 0.05) is 0 Å². The van der Waals surface area contributed by atoms with Gasteiger partial charge in [0.25, 0.3) is 0 Å². The molecule has 0 atom stereocenters. The van der Waals surface area contributed by atoms with Gasteiger partial charge < -0.3 is 0 Å². The molecule has 1 heteroatoms. The molecule has 0 nitrogen and oxygen atoms in total. The number of hydrogen-bond acceptors (Lipinski definition) is 0. The minimum absolute atomic E-state index is 0.516. The second kappa shape index (κ2) is 3.69. The second-order valence-corrected chi connectivity index (χ2v) is 5.42. The summed E-state index contributed by atoms with van der Waals surface area (Å²) in [6.07, 6.45) is 0. The van der Waals surface area contributed by atoms with E-state index < -0.39 is 0 Å². The van der Waals surface area contributed by atoms with Crippen molar-refractivity contribution in [1.29, 1.82) is 0 Å². The Kier molecular flexibility index (Phi) is 2.21. The van der Waals surface area contributed by atoms with Gasteiger partial charge in [-0.2, -0.15) is 0 Å². The summed E-state index contributed by atoms with van der Waals surface area (Å²) >= 11 is 0.516. The van der Waals surface area contributed by atoms with Gasteiger partial charge in [-0.15, -0.1) is 0 Å². The summed E-state index contributed by atoms with van der Waals surface area (Å²) < 4.78 is 1.50. The van der Waals surface area contributed by atoms with Crippen LogP contribution in [0.4, 0.5) is 0 Å². The summed E-state index contributed by atoms with van der Waals surface area (Å²) in [4.78, 5) is 2.38. The first-order valence-electron chi connectivity index (χ1n) is 4.97. The van der Waals surface area contributed by atoms with E-state index in [1.807, 2.05) is 0 Å². The molecule has 0 N–H and O–H groups in total. The molecular formula is C14H10Se. The fourth-order valence-corrected chi connectivity index (χ4v) is 3.85. The zero-order valence-electron chi connectivity index (χ0n) is 8.18. The monoisotopic (exact) mass is 258 g/mol. The predicted molar refractivity (Wildman–Crippen MR) is 66.3 cm³/mol. The summed E-state index contributed by atoms with van der Waals surface area (Å²) in [6.45, 7) is 0. The maximum atomic E-state index is 2.38. The van der Waals surface area contributed by atoms with E-state index >= 15 is 0 Å². The van der Waals surface area contributed by atoms with E-state index in [2.05, 4.69) is 59.5 Å². The van der Waals surface area contributed by atoms with Crippen molar-refractivity contribution in [3.05, 3.63) is 59.5 Å². The quantitative estimate of drug-likeness (QED) is 0.585. The third-order valence-corrected chi connectivity index (χ3v) is 4.59. The Morgan fingerprint density at radius 2 is 1.47 bits per heavy atom. The van der Waals surface area contributed by atoms with Crippen molar-refractivity contribution < 1.29 is 0 Å². The van der Waals surface area contributed by atoms with Crippen molar-refractivity contribution >= 4 is 24.1 Å². The summed E-state index contributed by atoms with van der Waals surface area (Å²) in [5.41, 5.74) is 2.75. The molecule has 15 heavy (non-hydrogen) atoms. The predicted octanol–water partition coefficient (Wildman–Crippen LogP) is 3.56. The molecule has 0 fully saturated rings. The fraction of sp³-hybridized carbons (Fsp3) is 0. The van der Waals surface area contributed by atoms with Crippen LogP contribution in [0.5, 0.6) is 0 Å². The molecule has 0 aliphatic carbocycles. The standard InChI is InChI=1S/C14H10Se/c1-2-6-11(7-3-1)13-10-15-14-9-5-4-8-12(13)14/h1-10H. The average Bonchev–Trinajstić information content (AvgIpc) is 2.74. The van der Waals surface area contributed by atoms with Crippen molar-refractivity contribution in [1.82, 2.24) is 0 Å². The molecule has 0 bridgehead atoms. The summed E-state index contributed by atoms with van der Waals surface area (Å²) in [7, 11) is 0. The van der Waals surface area contributed by atoms with Gasteiger partial charge in [-0.05, 0) is 0 Å². The molecule has 0 amide bonds. The van der Waals surface area contributed by atoms with Crippen molar-refractivity contribution in [3.8, 4) is 11.1 Å². The van der Waals surface area contributed by atoms with Gasteiger partial charge in [0.05, 0.1) is 0 Å². The van der Waals surface area contributed by atoms with Gasteiger partial charge in [-0.3, -0.25) is 0 Å². The fourth-order valence-electron chi connectivity index (χ4n) is 1.82. The third kappa shape index (κ3) is 1.54. The van der Waals surface area contributed by atoms with Crippen LogP contribution in [-0.2, 0) is 0 Å². The Labute approximate surface area is 94.9 Å². The van der Waals surface area contributed by atoms with Crippen LogP contribution in [0.15, 0.2) is 59.5 Å². The van der Waals surface area contributed by atoms with E-state index in [4.69, 9.17) is 0 Å². The molecule has 0 saturated carbocycles. The summed E-state index contributed by atoms with van der Waals surface area (Å²) in [5.74, 6) is 0. The first-order chi connectivity index (χ1) is 7.45. The molecule has 3 aromatic rings. The van der Waals surface area contributed by atoms with Gasteiger partial charge in [0.1, 0.15) is 0 Å². The normalized spacial score (nSPS) is 10.7. The minimum atomic E-state index is 0.516. The molecule has 0 aliphatic rings. The van der Waals surface area contributed by atoms with Crippen molar-refractivity contribution in [2.45, 2.75) is 0 Å². The molecule has 3 rings (SSSR count). The van der Waals surface area contributed by atoms with Crippen molar-refractivity contribution in [2.24, 2.45) is 0 Å². The Morgan fingerprint density at radius 3 is 2.33 bits per heavy atom. The Balaban J connectivity index is 2.28. The second-order valence-electron chi connectivity index (χ2n) is 3.51. The van der Waals surface area contributed by atoms with Gasteiger partial charge in [0.2, 0.25) is 0 Å². The van der Waals surface area contributed by atoms with Gasteiger partial charge in [-0.25, -0.2) is 0 Å². The topological polar surface area (TPSA) is 0 Å². The number of fused-ring (bicyclic) bond motifs is 1. The van der Waals surface area contributed by atoms with E-state index in [0.29, 0.717) is 14.5 Å². The van der Waals surface area contributed by atoms with E-state index in [1.54, 1.807) is 0 Å². The molecule has 72 valence electrons. The van der Waals surface area contributed by atoms with Crippen LogP contribution >= 0.6 is 0 Å². The first-order valence-corrected chi connectivity index (χ1v) is 6.81. The zero-order chi connectivity index (χ0) is 10.1. The van der Waals surface area contributed by atoms with E-state index in [1.165, 1.54) is 20.8 Å². The first kappa shape index (κ1) is 8.96. The Bertz CT molecular complexity index is 578. The molecule has 0 aliphatic heterocycles. The van der Waals surface area contributed by atoms with Crippen LogP contribution in [-0.4, -0.2) is 14.5 Å². The van der Waals surface area contributed by atoms with Crippen molar-refractivity contribution in [3.63, 3.8) is 0 Å². The van der Waals surface area contributed by atoms with Gasteiger partial charge >= 0.3 is 94.8 Å². The van der Waals surface area contributed by atoms with Crippen LogP contribution in [0.2, 0.25) is 0 Å². The van der Waals surface area contributed by atoms with Crippen LogP contribution in [0.3, 0.4) is 0 Å². The third-order valence-electron chi connectivity index (χ3n) is 2.57. The average molecular weight is 257 g/mol. The Morgan fingerprint density at radius 1 is 0.733 bits per heavy atom. The van der Waals surface area contributed by atoms with Gasteiger partial charge in [-0.1, -0.05) is 0 Å². The van der Waals surface area contributed by atoms with Crippen LogP contribution < -0.4 is 0 Å². The maximum absolute atomic E-state index is 2.38. The summed E-state index contributed by atoms with van der Waals surface area (Å²) in [6, 6.07) is 19.3. The van der Waals surface area contributed by atoms with Gasteiger partial charge in [0.15, 0.2) is 0 Å². The van der Waals surface area contributed by atoms with Crippen LogP contribution in [0.1, 0.15) is 0 Å². The van der Waals surface area contributed by atoms with Crippen LogP contribution in [0.25, 0.3) is 20.8 Å². The molecule has 0 saturated heterocycles. The molecule has 1 aromatic heterocycles.